The standard InChI is InChI=1S/C28H24ClNO4S2/c1-2-16-33-27(32)25(20-8-4-3-5-9-20)30-26(31)24(36-28(30)35)17-21-10-6-7-11-23(21)34-18-19-12-14-22(29)15-13-19/h3-15,17,25H,2,16,18H2,1H3/b24-17+. The number of ether oxygens (including phenoxy) is 2. The number of esters is 1. The summed E-state index contributed by atoms with van der Waals surface area (Å²) in [7, 11) is 0. The van der Waals surface area contributed by atoms with Crippen LogP contribution in [0.2, 0.25) is 5.02 Å². The quantitative estimate of drug-likeness (QED) is 0.170. The summed E-state index contributed by atoms with van der Waals surface area (Å²) >= 11 is 12.7. The molecule has 8 heteroatoms. The number of amides is 1. The van der Waals surface area contributed by atoms with Crippen molar-refractivity contribution in [1.29, 1.82) is 0 Å². The molecule has 1 aliphatic rings. The Morgan fingerprint density at radius 1 is 1.06 bits per heavy atom. The van der Waals surface area contributed by atoms with Gasteiger partial charge in [-0.05, 0) is 41.8 Å². The number of carbonyl (C=O) groups is 2. The van der Waals surface area contributed by atoms with Crippen LogP contribution in [-0.4, -0.2) is 27.7 Å². The minimum absolute atomic E-state index is 0.269. The Morgan fingerprint density at radius 3 is 2.47 bits per heavy atom. The van der Waals surface area contributed by atoms with Crippen LogP contribution in [0.25, 0.3) is 6.08 Å². The van der Waals surface area contributed by atoms with E-state index in [2.05, 4.69) is 0 Å². The number of rotatable bonds is 9. The zero-order chi connectivity index (χ0) is 25.5. The van der Waals surface area contributed by atoms with Gasteiger partial charge in [-0.3, -0.25) is 9.69 Å². The number of thiocarbonyl (C=S) groups is 1. The second kappa shape index (κ2) is 12.2. The maximum absolute atomic E-state index is 13.5. The van der Waals surface area contributed by atoms with E-state index in [-0.39, 0.29) is 12.5 Å². The lowest BCUT2D eigenvalue weighted by Crippen LogP contribution is -2.38. The van der Waals surface area contributed by atoms with Crippen molar-refractivity contribution in [3.63, 3.8) is 0 Å². The fourth-order valence-electron chi connectivity index (χ4n) is 3.62. The average Bonchev–Trinajstić information content (AvgIpc) is 3.16. The molecule has 3 aromatic carbocycles. The first-order valence-corrected chi connectivity index (χ1v) is 13.0. The second-order valence-corrected chi connectivity index (χ2v) is 10.1. The zero-order valence-electron chi connectivity index (χ0n) is 19.6. The van der Waals surface area contributed by atoms with Gasteiger partial charge in [-0.2, -0.15) is 0 Å². The Morgan fingerprint density at radius 2 is 1.75 bits per heavy atom. The molecular formula is C28H24ClNO4S2. The van der Waals surface area contributed by atoms with E-state index in [1.165, 1.54) is 4.90 Å². The van der Waals surface area contributed by atoms with E-state index in [0.29, 0.717) is 38.6 Å². The number of para-hydroxylation sites is 1. The highest BCUT2D eigenvalue weighted by Gasteiger charge is 2.42. The van der Waals surface area contributed by atoms with Crippen LogP contribution in [-0.2, 0) is 20.9 Å². The summed E-state index contributed by atoms with van der Waals surface area (Å²) in [5.74, 6) is -0.230. The smallest absolute Gasteiger partial charge is 0.333 e. The Labute approximate surface area is 225 Å². The van der Waals surface area contributed by atoms with Crippen LogP contribution in [0.3, 0.4) is 0 Å². The molecule has 1 amide bonds. The molecule has 1 aliphatic heterocycles. The molecule has 36 heavy (non-hydrogen) atoms. The molecule has 0 spiro atoms. The van der Waals surface area contributed by atoms with Crippen LogP contribution >= 0.6 is 35.6 Å². The zero-order valence-corrected chi connectivity index (χ0v) is 21.9. The van der Waals surface area contributed by atoms with Crippen molar-refractivity contribution < 1.29 is 19.1 Å². The van der Waals surface area contributed by atoms with Gasteiger partial charge in [0.1, 0.15) is 16.7 Å². The summed E-state index contributed by atoms with van der Waals surface area (Å²) in [5.41, 5.74) is 2.34. The first-order valence-electron chi connectivity index (χ1n) is 11.4. The number of thioether (sulfide) groups is 1. The molecule has 0 aromatic heterocycles. The molecule has 4 rings (SSSR count). The molecule has 184 valence electrons. The van der Waals surface area contributed by atoms with E-state index in [1.54, 1.807) is 18.2 Å². The van der Waals surface area contributed by atoms with Crippen LogP contribution in [0.5, 0.6) is 5.75 Å². The fourth-order valence-corrected chi connectivity index (χ4v) is 5.05. The molecule has 1 atom stereocenters. The molecule has 1 saturated heterocycles. The lowest BCUT2D eigenvalue weighted by molar-refractivity contribution is -0.151. The predicted octanol–water partition coefficient (Wildman–Crippen LogP) is 6.81. The van der Waals surface area contributed by atoms with Crippen LogP contribution in [0.4, 0.5) is 0 Å². The van der Waals surface area contributed by atoms with Gasteiger partial charge in [-0.15, -0.1) is 0 Å². The van der Waals surface area contributed by atoms with E-state index >= 15 is 0 Å². The highest BCUT2D eigenvalue weighted by Crippen LogP contribution is 2.39. The first-order chi connectivity index (χ1) is 17.5. The van der Waals surface area contributed by atoms with Gasteiger partial charge in [0.2, 0.25) is 0 Å². The molecule has 0 bridgehead atoms. The van der Waals surface area contributed by atoms with Crippen molar-refractivity contribution in [2.75, 3.05) is 6.61 Å². The molecule has 0 radical (unpaired) electrons. The lowest BCUT2D eigenvalue weighted by atomic mass is 10.1. The lowest BCUT2D eigenvalue weighted by Gasteiger charge is -2.25. The minimum Gasteiger partial charge on any atom is -0.488 e. The number of carbonyl (C=O) groups excluding carboxylic acids is 2. The number of hydrogen-bond acceptors (Lipinski definition) is 6. The SMILES string of the molecule is CCCOC(=O)C(c1ccccc1)N1C(=O)/C(=C\c2ccccc2OCc2ccc(Cl)cc2)SC1=S. The monoisotopic (exact) mass is 537 g/mol. The van der Waals surface area contributed by atoms with E-state index in [0.717, 1.165) is 22.9 Å². The molecule has 1 heterocycles. The largest absolute Gasteiger partial charge is 0.488 e. The Hall–Kier alpha value is -3.13. The normalized spacial score (nSPS) is 15.3. The third-order valence-corrected chi connectivity index (χ3v) is 6.96. The van der Waals surface area contributed by atoms with Crippen LogP contribution in [0.15, 0.2) is 83.8 Å². The van der Waals surface area contributed by atoms with E-state index in [1.807, 2.05) is 73.7 Å². The van der Waals surface area contributed by atoms with Gasteiger partial charge in [0.25, 0.3) is 5.91 Å². The van der Waals surface area contributed by atoms with Gasteiger partial charge in [0, 0.05) is 10.6 Å². The van der Waals surface area contributed by atoms with Crippen LogP contribution in [0, 0.1) is 0 Å². The van der Waals surface area contributed by atoms with Crippen molar-refractivity contribution in [3.05, 3.63) is 105 Å². The van der Waals surface area contributed by atoms with Gasteiger partial charge in [-0.25, -0.2) is 4.79 Å². The Balaban J connectivity index is 1.59. The van der Waals surface area contributed by atoms with E-state index in [4.69, 9.17) is 33.3 Å². The predicted molar refractivity (Wildman–Crippen MR) is 148 cm³/mol. The average molecular weight is 538 g/mol. The van der Waals surface area contributed by atoms with Crippen molar-refractivity contribution in [1.82, 2.24) is 4.90 Å². The minimum atomic E-state index is -0.951. The molecule has 3 aromatic rings. The summed E-state index contributed by atoms with van der Waals surface area (Å²) in [4.78, 5) is 28.3. The van der Waals surface area contributed by atoms with Gasteiger partial charge < -0.3 is 9.47 Å². The summed E-state index contributed by atoms with van der Waals surface area (Å²) < 4.78 is 11.8. The van der Waals surface area contributed by atoms with Crippen molar-refractivity contribution in [2.24, 2.45) is 0 Å². The summed E-state index contributed by atoms with van der Waals surface area (Å²) in [6, 6.07) is 23.0. The Bertz CT molecular complexity index is 1280. The number of hydrogen-bond donors (Lipinski definition) is 0. The molecular weight excluding hydrogens is 514 g/mol. The second-order valence-electron chi connectivity index (χ2n) is 7.99. The van der Waals surface area contributed by atoms with Crippen molar-refractivity contribution >= 4 is 57.9 Å². The van der Waals surface area contributed by atoms with Crippen molar-refractivity contribution in [2.45, 2.75) is 26.0 Å². The summed E-state index contributed by atoms with van der Waals surface area (Å²) in [5, 5.41) is 0.661. The third kappa shape index (κ3) is 6.16. The highest BCUT2D eigenvalue weighted by molar-refractivity contribution is 8.26. The first kappa shape index (κ1) is 25.9. The van der Waals surface area contributed by atoms with Gasteiger partial charge >= 0.3 is 5.97 Å². The maximum atomic E-state index is 13.5. The molecule has 5 nitrogen and oxygen atoms in total. The summed E-state index contributed by atoms with van der Waals surface area (Å²) in [6.45, 7) is 2.53. The highest BCUT2D eigenvalue weighted by atomic mass is 35.5. The molecule has 0 saturated carbocycles. The van der Waals surface area contributed by atoms with Crippen LogP contribution in [0.1, 0.15) is 36.1 Å². The Kier molecular flexibility index (Phi) is 8.80. The van der Waals surface area contributed by atoms with Crippen molar-refractivity contribution in [3.8, 4) is 5.75 Å². The van der Waals surface area contributed by atoms with Gasteiger partial charge in [0.05, 0.1) is 11.5 Å². The number of nitrogens with zero attached hydrogens (tertiary/aromatic N) is 1. The van der Waals surface area contributed by atoms with E-state index < -0.39 is 12.0 Å². The number of benzene rings is 3. The number of halogens is 1. The third-order valence-electron chi connectivity index (χ3n) is 5.38. The van der Waals surface area contributed by atoms with E-state index in [9.17, 15) is 9.59 Å². The molecule has 0 N–H and O–H groups in total. The topological polar surface area (TPSA) is 55.8 Å². The van der Waals surface area contributed by atoms with Gasteiger partial charge in [0.15, 0.2) is 6.04 Å². The fraction of sp³-hybridized carbons (Fsp3) is 0.179. The maximum Gasteiger partial charge on any atom is 0.333 e. The van der Waals surface area contributed by atoms with Crippen LogP contribution < -0.4 is 4.74 Å². The molecule has 0 aliphatic carbocycles. The summed E-state index contributed by atoms with van der Waals surface area (Å²) in [6.07, 6.45) is 2.42. The van der Waals surface area contributed by atoms with Gasteiger partial charge in [-0.1, -0.05) is 103 Å². The molecule has 1 fully saturated rings. The molecule has 1 unspecified atom stereocenters.